The predicted molar refractivity (Wildman–Crippen MR) is 117 cm³/mol. The topological polar surface area (TPSA) is 49.3 Å². The molecule has 1 aromatic carbocycles. The Morgan fingerprint density at radius 1 is 1.10 bits per heavy atom. The first-order valence-electron chi connectivity index (χ1n) is 11.3. The lowest BCUT2D eigenvalue weighted by Crippen LogP contribution is -2.59. The summed E-state index contributed by atoms with van der Waals surface area (Å²) < 4.78 is 11.8. The Bertz CT molecular complexity index is 646. The third kappa shape index (κ3) is 5.04. The van der Waals surface area contributed by atoms with Crippen molar-refractivity contribution in [2.24, 2.45) is 4.99 Å². The van der Waals surface area contributed by atoms with Gasteiger partial charge in [-0.15, -0.1) is 0 Å². The Labute approximate surface area is 175 Å². The van der Waals surface area contributed by atoms with Crippen LogP contribution in [0.4, 0.5) is 0 Å². The summed E-state index contributed by atoms with van der Waals surface area (Å²) in [5, 5.41) is 3.73. The second-order valence-electron chi connectivity index (χ2n) is 8.55. The molecule has 0 aromatic heterocycles. The zero-order valence-electron chi connectivity index (χ0n) is 17.8. The molecule has 3 heterocycles. The number of aliphatic imine (C=N–C) groups is 1. The normalized spacial score (nSPS) is 23.9. The fourth-order valence-electron chi connectivity index (χ4n) is 5.00. The lowest BCUT2D eigenvalue weighted by Gasteiger charge is -2.45. The molecule has 0 bridgehead atoms. The Morgan fingerprint density at radius 2 is 1.79 bits per heavy atom. The van der Waals surface area contributed by atoms with E-state index in [0.717, 1.165) is 70.2 Å². The van der Waals surface area contributed by atoms with Crippen molar-refractivity contribution in [3.63, 3.8) is 0 Å². The average molecular weight is 401 g/mol. The molecule has 0 unspecified atom stereocenters. The predicted octanol–water partition coefficient (Wildman–Crippen LogP) is 2.75. The minimum atomic E-state index is 0.222. The maximum atomic E-state index is 6.15. The zero-order chi connectivity index (χ0) is 19.9. The summed E-state index contributed by atoms with van der Waals surface area (Å²) in [6, 6.07) is 10.2. The molecule has 0 radical (unpaired) electrons. The van der Waals surface area contributed by atoms with Gasteiger partial charge in [0.25, 0.3) is 0 Å². The molecule has 0 spiro atoms. The quantitative estimate of drug-likeness (QED) is 0.608. The van der Waals surface area contributed by atoms with Crippen LogP contribution in [0.15, 0.2) is 35.3 Å². The molecule has 3 fully saturated rings. The Hall–Kier alpha value is -1.79. The number of rotatable bonds is 5. The van der Waals surface area contributed by atoms with E-state index in [9.17, 15) is 0 Å². The van der Waals surface area contributed by atoms with Crippen molar-refractivity contribution in [2.75, 3.05) is 53.0 Å². The standard InChI is InChI=1S/C23H36N4O2/c1-24-22(25-19-23(11-17-28-18-12-23)27-13-5-6-14-27)26-15-9-21(10-16-26)29-20-7-3-2-4-8-20/h2-4,7-8,21H,5-6,9-19H2,1H3,(H,24,25). The van der Waals surface area contributed by atoms with E-state index in [4.69, 9.17) is 9.47 Å². The van der Waals surface area contributed by atoms with Crippen molar-refractivity contribution in [2.45, 2.75) is 50.2 Å². The third-order valence-corrected chi connectivity index (χ3v) is 6.78. The number of hydrogen-bond donors (Lipinski definition) is 1. The number of likely N-dealkylation sites (tertiary alicyclic amines) is 2. The lowest BCUT2D eigenvalue weighted by molar-refractivity contribution is -0.0167. The van der Waals surface area contributed by atoms with Crippen LogP contribution < -0.4 is 10.1 Å². The molecule has 3 aliphatic rings. The minimum Gasteiger partial charge on any atom is -0.490 e. The Morgan fingerprint density at radius 3 is 2.45 bits per heavy atom. The van der Waals surface area contributed by atoms with E-state index >= 15 is 0 Å². The highest BCUT2D eigenvalue weighted by atomic mass is 16.5. The number of benzene rings is 1. The van der Waals surface area contributed by atoms with Crippen LogP contribution in [0.5, 0.6) is 5.75 Å². The summed E-state index contributed by atoms with van der Waals surface area (Å²) in [7, 11) is 1.90. The molecular weight excluding hydrogens is 364 g/mol. The first-order valence-corrected chi connectivity index (χ1v) is 11.3. The van der Waals surface area contributed by atoms with Gasteiger partial charge in [-0.2, -0.15) is 0 Å². The molecule has 0 atom stereocenters. The van der Waals surface area contributed by atoms with Crippen LogP contribution >= 0.6 is 0 Å². The number of para-hydroxylation sites is 1. The van der Waals surface area contributed by atoms with Crippen LogP contribution in [0.3, 0.4) is 0 Å². The molecule has 0 amide bonds. The number of hydrogen-bond acceptors (Lipinski definition) is 4. The van der Waals surface area contributed by atoms with Crippen LogP contribution in [0, 0.1) is 0 Å². The van der Waals surface area contributed by atoms with E-state index in [0.29, 0.717) is 0 Å². The highest BCUT2D eigenvalue weighted by Gasteiger charge is 2.40. The van der Waals surface area contributed by atoms with Gasteiger partial charge in [-0.1, -0.05) is 18.2 Å². The van der Waals surface area contributed by atoms with Crippen LogP contribution in [0.1, 0.15) is 38.5 Å². The number of nitrogens with one attached hydrogen (secondary N) is 1. The van der Waals surface area contributed by atoms with Gasteiger partial charge in [0.1, 0.15) is 11.9 Å². The molecule has 160 valence electrons. The van der Waals surface area contributed by atoms with Gasteiger partial charge in [0.05, 0.1) is 0 Å². The minimum absolute atomic E-state index is 0.222. The molecule has 29 heavy (non-hydrogen) atoms. The molecule has 6 nitrogen and oxygen atoms in total. The fraction of sp³-hybridized carbons (Fsp3) is 0.696. The van der Waals surface area contributed by atoms with Crippen LogP contribution in [-0.4, -0.2) is 80.4 Å². The molecule has 6 heteroatoms. The SMILES string of the molecule is CN=C(NCC1(N2CCCC2)CCOCC1)N1CCC(Oc2ccccc2)CC1. The average Bonchev–Trinajstić information content (AvgIpc) is 3.32. The van der Waals surface area contributed by atoms with Gasteiger partial charge in [-0.25, -0.2) is 0 Å². The van der Waals surface area contributed by atoms with Gasteiger partial charge in [0.2, 0.25) is 0 Å². The van der Waals surface area contributed by atoms with Crippen molar-refractivity contribution in [3.8, 4) is 5.75 Å². The van der Waals surface area contributed by atoms with Gasteiger partial charge in [0.15, 0.2) is 5.96 Å². The number of piperidine rings is 1. The van der Waals surface area contributed by atoms with E-state index in [1.54, 1.807) is 0 Å². The van der Waals surface area contributed by atoms with Crippen molar-refractivity contribution >= 4 is 5.96 Å². The van der Waals surface area contributed by atoms with Crippen molar-refractivity contribution in [1.82, 2.24) is 15.1 Å². The molecule has 1 aromatic rings. The summed E-state index contributed by atoms with van der Waals surface area (Å²) in [6.45, 7) is 7.13. The number of ether oxygens (including phenoxy) is 2. The maximum Gasteiger partial charge on any atom is 0.193 e. The van der Waals surface area contributed by atoms with E-state index in [-0.39, 0.29) is 11.6 Å². The zero-order valence-corrected chi connectivity index (χ0v) is 17.8. The second-order valence-corrected chi connectivity index (χ2v) is 8.55. The molecule has 0 aliphatic carbocycles. The van der Waals surface area contributed by atoms with Gasteiger partial charge in [-0.05, 0) is 50.9 Å². The summed E-state index contributed by atoms with van der Waals surface area (Å²) in [5.74, 6) is 2.01. The summed E-state index contributed by atoms with van der Waals surface area (Å²) in [4.78, 5) is 9.70. The number of guanidine groups is 1. The largest absolute Gasteiger partial charge is 0.490 e. The van der Waals surface area contributed by atoms with Gasteiger partial charge < -0.3 is 19.7 Å². The van der Waals surface area contributed by atoms with Crippen molar-refractivity contribution in [1.29, 1.82) is 0 Å². The highest BCUT2D eigenvalue weighted by Crippen LogP contribution is 2.31. The van der Waals surface area contributed by atoms with Gasteiger partial charge in [0, 0.05) is 58.3 Å². The van der Waals surface area contributed by atoms with E-state index in [1.165, 1.54) is 25.9 Å². The van der Waals surface area contributed by atoms with E-state index < -0.39 is 0 Å². The monoisotopic (exact) mass is 400 g/mol. The van der Waals surface area contributed by atoms with E-state index in [2.05, 4.69) is 20.1 Å². The van der Waals surface area contributed by atoms with Gasteiger partial charge in [-0.3, -0.25) is 9.89 Å². The Balaban J connectivity index is 1.30. The van der Waals surface area contributed by atoms with Gasteiger partial charge >= 0.3 is 0 Å². The third-order valence-electron chi connectivity index (χ3n) is 6.78. The van der Waals surface area contributed by atoms with Crippen molar-refractivity contribution in [3.05, 3.63) is 30.3 Å². The first kappa shape index (κ1) is 20.5. The van der Waals surface area contributed by atoms with Crippen LogP contribution in [-0.2, 0) is 4.74 Å². The first-order chi connectivity index (χ1) is 14.3. The molecule has 1 N–H and O–H groups in total. The summed E-state index contributed by atoms with van der Waals surface area (Å²) >= 11 is 0. The fourth-order valence-corrected chi connectivity index (χ4v) is 5.00. The highest BCUT2D eigenvalue weighted by molar-refractivity contribution is 5.80. The summed E-state index contributed by atoms with van der Waals surface area (Å²) in [6.07, 6.45) is 7.23. The van der Waals surface area contributed by atoms with E-state index in [1.807, 2.05) is 37.4 Å². The van der Waals surface area contributed by atoms with Crippen LogP contribution in [0.2, 0.25) is 0 Å². The van der Waals surface area contributed by atoms with Crippen molar-refractivity contribution < 1.29 is 9.47 Å². The second kappa shape index (κ2) is 9.81. The molecule has 4 rings (SSSR count). The molecule has 3 saturated heterocycles. The Kier molecular flexibility index (Phi) is 6.93. The molecule has 0 saturated carbocycles. The molecular formula is C23H36N4O2. The van der Waals surface area contributed by atoms with Crippen LogP contribution in [0.25, 0.3) is 0 Å². The summed E-state index contributed by atoms with van der Waals surface area (Å²) in [5.41, 5.74) is 0.222. The smallest absolute Gasteiger partial charge is 0.193 e. The maximum absolute atomic E-state index is 6.15. The lowest BCUT2D eigenvalue weighted by atomic mass is 9.88. The molecule has 3 aliphatic heterocycles. The number of nitrogens with zero attached hydrogens (tertiary/aromatic N) is 3.